The predicted molar refractivity (Wildman–Crippen MR) is 90.5 cm³/mol. The lowest BCUT2D eigenvalue weighted by atomic mass is 10.2. The van der Waals surface area contributed by atoms with Gasteiger partial charge in [0.2, 0.25) is 0 Å². The molecule has 0 aliphatic heterocycles. The molecule has 148 valence electrons. The maximum Gasteiger partial charge on any atom is 0.416 e. The molecule has 0 fully saturated rings. The van der Waals surface area contributed by atoms with Crippen LogP contribution in [0.2, 0.25) is 10.0 Å². The number of rotatable bonds is 2. The van der Waals surface area contributed by atoms with Gasteiger partial charge >= 0.3 is 12.4 Å². The second kappa shape index (κ2) is 9.43. The zero-order valence-corrected chi connectivity index (χ0v) is 14.7. The van der Waals surface area contributed by atoms with E-state index in [1.165, 1.54) is 0 Å². The fourth-order valence-electron chi connectivity index (χ4n) is 1.63. The molecule has 0 aromatic heterocycles. The molecule has 6 nitrogen and oxygen atoms in total. The van der Waals surface area contributed by atoms with Crippen LogP contribution in [0.15, 0.2) is 46.6 Å². The highest BCUT2D eigenvalue weighted by Crippen LogP contribution is 2.35. The quantitative estimate of drug-likeness (QED) is 0.192. The van der Waals surface area contributed by atoms with E-state index in [0.717, 1.165) is 24.3 Å². The Balaban J connectivity index is 0.000000280. The molecule has 0 heterocycles. The van der Waals surface area contributed by atoms with Crippen molar-refractivity contribution in [3.8, 4) is 0 Å². The predicted octanol–water partition coefficient (Wildman–Crippen LogP) is 8.60. The van der Waals surface area contributed by atoms with Crippen molar-refractivity contribution in [2.24, 2.45) is 10.2 Å². The summed E-state index contributed by atoms with van der Waals surface area (Å²) in [6.45, 7) is 0. The minimum absolute atomic E-state index is 0.0258. The Morgan fingerprint density at radius 2 is 1.00 bits per heavy atom. The first-order valence-corrected chi connectivity index (χ1v) is 7.49. The average molecular weight is 443 g/mol. The summed E-state index contributed by atoms with van der Waals surface area (Å²) in [5, 5.41) is 5.77. The second-order valence-electron chi connectivity index (χ2n) is 4.71. The maximum atomic E-state index is 12.1. The monoisotopic (exact) mass is 442 g/mol. The van der Waals surface area contributed by atoms with Crippen LogP contribution in [0.4, 0.5) is 37.7 Å². The first kappa shape index (κ1) is 23.3. The van der Waals surface area contributed by atoms with Gasteiger partial charge in [-0.15, -0.1) is 0 Å². The SMILES string of the molecule is [N-]=[N+]=Nc1ccc(C(F)(F)F)cc1Cl.[N-]=[N+]=Nc1ccc(C(F)(F)F)cc1Cl. The summed E-state index contributed by atoms with van der Waals surface area (Å²) in [6, 6.07) is 5.07. The minimum Gasteiger partial charge on any atom is -0.166 e. The fourth-order valence-corrected chi connectivity index (χ4v) is 2.06. The van der Waals surface area contributed by atoms with Crippen LogP contribution in [0, 0.1) is 0 Å². The van der Waals surface area contributed by atoms with Gasteiger partial charge in [-0.25, -0.2) is 0 Å². The van der Waals surface area contributed by atoms with Gasteiger partial charge in [-0.1, -0.05) is 45.6 Å². The lowest BCUT2D eigenvalue weighted by molar-refractivity contribution is -0.138. The summed E-state index contributed by atoms with van der Waals surface area (Å²) < 4.78 is 72.7. The molecule has 0 aliphatic carbocycles. The molecule has 0 amide bonds. The number of nitrogens with zero attached hydrogens (tertiary/aromatic N) is 6. The Kier molecular flexibility index (Phi) is 7.83. The first-order valence-electron chi connectivity index (χ1n) is 6.74. The lowest BCUT2D eigenvalue weighted by Gasteiger charge is -2.07. The molecule has 0 aliphatic rings. The van der Waals surface area contributed by atoms with E-state index in [1.807, 2.05) is 0 Å². The summed E-state index contributed by atoms with van der Waals surface area (Å²) in [7, 11) is 0. The normalized spacial score (nSPS) is 10.9. The molecule has 0 unspecified atom stereocenters. The van der Waals surface area contributed by atoms with Crippen LogP contribution < -0.4 is 0 Å². The molecular formula is C14H6Cl2F6N6. The smallest absolute Gasteiger partial charge is 0.166 e. The van der Waals surface area contributed by atoms with E-state index in [-0.39, 0.29) is 21.4 Å². The summed E-state index contributed by atoms with van der Waals surface area (Å²) >= 11 is 10.9. The summed E-state index contributed by atoms with van der Waals surface area (Å²) in [6.07, 6.45) is -8.89. The van der Waals surface area contributed by atoms with Gasteiger partial charge in [0, 0.05) is 9.82 Å². The minimum atomic E-state index is -4.45. The molecule has 0 spiro atoms. The molecule has 0 saturated carbocycles. The van der Waals surface area contributed by atoms with E-state index in [2.05, 4.69) is 20.1 Å². The summed E-state index contributed by atoms with van der Waals surface area (Å²) in [5.41, 5.74) is 14.3. The fraction of sp³-hybridized carbons (Fsp3) is 0.143. The van der Waals surface area contributed by atoms with E-state index in [9.17, 15) is 26.3 Å². The Morgan fingerprint density at radius 1 is 0.679 bits per heavy atom. The standard InChI is InChI=1S/2C7H3ClF3N3/c2*8-5-3-4(7(9,10)11)1-2-6(5)13-14-12/h2*1-3H. The highest BCUT2D eigenvalue weighted by atomic mass is 35.5. The van der Waals surface area contributed by atoms with Crippen LogP contribution in [0.25, 0.3) is 20.9 Å². The van der Waals surface area contributed by atoms with Crippen LogP contribution in [0.3, 0.4) is 0 Å². The van der Waals surface area contributed by atoms with Crippen LogP contribution >= 0.6 is 23.2 Å². The van der Waals surface area contributed by atoms with E-state index < -0.39 is 23.5 Å². The number of benzene rings is 2. The summed E-state index contributed by atoms with van der Waals surface area (Å²) in [4.78, 5) is 4.84. The van der Waals surface area contributed by atoms with Gasteiger partial charge in [-0.05, 0) is 35.3 Å². The number of hydrogen-bond donors (Lipinski definition) is 0. The van der Waals surface area contributed by atoms with Crippen molar-refractivity contribution in [3.63, 3.8) is 0 Å². The number of alkyl halides is 6. The molecule has 2 aromatic rings. The highest BCUT2D eigenvalue weighted by molar-refractivity contribution is 6.33. The van der Waals surface area contributed by atoms with E-state index in [4.69, 9.17) is 34.3 Å². The van der Waals surface area contributed by atoms with E-state index in [0.29, 0.717) is 12.1 Å². The van der Waals surface area contributed by atoms with Crippen molar-refractivity contribution in [2.45, 2.75) is 12.4 Å². The van der Waals surface area contributed by atoms with Crippen molar-refractivity contribution in [3.05, 3.63) is 78.5 Å². The van der Waals surface area contributed by atoms with Gasteiger partial charge in [0.25, 0.3) is 0 Å². The molecule has 0 atom stereocenters. The molecule has 28 heavy (non-hydrogen) atoms. The Hall–Kier alpha value is -2.78. The largest absolute Gasteiger partial charge is 0.416 e. The molecular weight excluding hydrogens is 437 g/mol. The Labute approximate surface area is 162 Å². The first-order chi connectivity index (χ1) is 12.9. The van der Waals surface area contributed by atoms with Gasteiger partial charge in [0.15, 0.2) is 0 Å². The number of hydrogen-bond acceptors (Lipinski definition) is 2. The maximum absolute atomic E-state index is 12.1. The van der Waals surface area contributed by atoms with Crippen molar-refractivity contribution in [2.75, 3.05) is 0 Å². The topological polar surface area (TPSA) is 97.5 Å². The van der Waals surface area contributed by atoms with Crippen molar-refractivity contribution in [1.82, 2.24) is 0 Å². The van der Waals surface area contributed by atoms with Gasteiger partial charge in [-0.3, -0.25) is 0 Å². The van der Waals surface area contributed by atoms with Crippen molar-refractivity contribution in [1.29, 1.82) is 0 Å². The van der Waals surface area contributed by atoms with Crippen LogP contribution in [-0.4, -0.2) is 0 Å². The third-order valence-electron chi connectivity index (χ3n) is 2.85. The van der Waals surface area contributed by atoms with Crippen molar-refractivity contribution < 1.29 is 26.3 Å². The highest BCUT2D eigenvalue weighted by Gasteiger charge is 2.31. The van der Waals surface area contributed by atoms with Gasteiger partial charge in [0.05, 0.1) is 32.5 Å². The van der Waals surface area contributed by atoms with Crippen molar-refractivity contribution >= 4 is 34.6 Å². The molecule has 14 heteroatoms. The second-order valence-corrected chi connectivity index (χ2v) is 5.52. The average Bonchev–Trinajstić information content (AvgIpc) is 2.57. The molecule has 2 rings (SSSR count). The molecule has 2 aromatic carbocycles. The third kappa shape index (κ3) is 6.75. The van der Waals surface area contributed by atoms with E-state index in [1.54, 1.807) is 0 Å². The summed E-state index contributed by atoms with van der Waals surface area (Å²) in [5.74, 6) is 0. The van der Waals surface area contributed by atoms with Crippen LogP contribution in [0.5, 0.6) is 0 Å². The van der Waals surface area contributed by atoms with Gasteiger partial charge in [-0.2, -0.15) is 26.3 Å². The van der Waals surface area contributed by atoms with Crippen LogP contribution in [0.1, 0.15) is 11.1 Å². The number of halogens is 8. The van der Waals surface area contributed by atoms with Gasteiger partial charge < -0.3 is 0 Å². The third-order valence-corrected chi connectivity index (χ3v) is 3.46. The van der Waals surface area contributed by atoms with Crippen LogP contribution in [-0.2, 0) is 12.4 Å². The van der Waals surface area contributed by atoms with Gasteiger partial charge in [0.1, 0.15) is 0 Å². The zero-order valence-electron chi connectivity index (χ0n) is 13.2. The molecule has 0 saturated heterocycles. The Bertz CT molecular complexity index is 869. The molecule has 0 N–H and O–H groups in total. The lowest BCUT2D eigenvalue weighted by Crippen LogP contribution is -2.04. The van der Waals surface area contributed by atoms with E-state index >= 15 is 0 Å². The Morgan fingerprint density at radius 3 is 1.21 bits per heavy atom. The number of azide groups is 2. The molecule has 0 radical (unpaired) electrons. The molecule has 0 bridgehead atoms. The zero-order chi connectivity index (χ0) is 21.5.